The van der Waals surface area contributed by atoms with E-state index in [4.69, 9.17) is 10.5 Å². The number of para-hydroxylation sites is 1. The molecule has 0 radical (unpaired) electrons. The van der Waals surface area contributed by atoms with E-state index in [0.717, 1.165) is 17.9 Å². The normalized spacial score (nSPS) is 11.9. The van der Waals surface area contributed by atoms with Crippen LogP contribution in [0.1, 0.15) is 19.4 Å². The molecule has 2 aromatic carbocycles. The van der Waals surface area contributed by atoms with E-state index in [1.54, 1.807) is 0 Å². The van der Waals surface area contributed by atoms with Crippen molar-refractivity contribution in [2.75, 3.05) is 17.7 Å². The third-order valence-electron chi connectivity index (χ3n) is 3.15. The Morgan fingerprint density at radius 3 is 2.55 bits per heavy atom. The summed E-state index contributed by atoms with van der Waals surface area (Å²) in [6.07, 6.45) is 0.957. The molecule has 0 fully saturated rings. The first kappa shape index (κ1) is 14.3. The van der Waals surface area contributed by atoms with Crippen LogP contribution in [0.3, 0.4) is 0 Å². The maximum atomic E-state index is 6.12. The van der Waals surface area contributed by atoms with E-state index in [1.165, 1.54) is 5.56 Å². The highest BCUT2D eigenvalue weighted by atomic mass is 16.5. The largest absolute Gasteiger partial charge is 0.492 e. The first-order valence-corrected chi connectivity index (χ1v) is 7.02. The van der Waals surface area contributed by atoms with Crippen molar-refractivity contribution in [1.82, 2.24) is 0 Å². The molecule has 0 aliphatic heterocycles. The lowest BCUT2D eigenvalue weighted by Crippen LogP contribution is -2.19. The lowest BCUT2D eigenvalue weighted by molar-refractivity contribution is 0.342. The summed E-state index contributed by atoms with van der Waals surface area (Å²) >= 11 is 0. The van der Waals surface area contributed by atoms with Crippen LogP contribution in [0, 0.1) is 0 Å². The Labute approximate surface area is 120 Å². The predicted octanol–water partition coefficient (Wildman–Crippen LogP) is 3.71. The average molecular weight is 270 g/mol. The van der Waals surface area contributed by atoms with Crippen molar-refractivity contribution in [3.63, 3.8) is 0 Å². The Hall–Kier alpha value is -2.16. The van der Waals surface area contributed by atoms with E-state index in [2.05, 4.69) is 36.5 Å². The Balaban J connectivity index is 2.04. The van der Waals surface area contributed by atoms with Crippen molar-refractivity contribution in [3.05, 3.63) is 54.1 Å². The van der Waals surface area contributed by atoms with Gasteiger partial charge in [0.15, 0.2) is 0 Å². The molecule has 0 saturated heterocycles. The van der Waals surface area contributed by atoms with Crippen molar-refractivity contribution < 1.29 is 4.74 Å². The van der Waals surface area contributed by atoms with Gasteiger partial charge in [-0.15, -0.1) is 0 Å². The van der Waals surface area contributed by atoms with E-state index in [0.29, 0.717) is 18.3 Å². The van der Waals surface area contributed by atoms with E-state index >= 15 is 0 Å². The van der Waals surface area contributed by atoms with Gasteiger partial charge in [-0.25, -0.2) is 0 Å². The molecule has 0 aliphatic rings. The van der Waals surface area contributed by atoms with E-state index in [1.807, 2.05) is 31.2 Å². The van der Waals surface area contributed by atoms with Gasteiger partial charge in [-0.1, -0.05) is 36.4 Å². The molecule has 2 aromatic rings. The Bertz CT molecular complexity index is 540. The van der Waals surface area contributed by atoms with Gasteiger partial charge in [-0.3, -0.25) is 0 Å². The minimum absolute atomic E-state index is 0.302. The minimum atomic E-state index is 0.302. The maximum Gasteiger partial charge on any atom is 0.144 e. The summed E-state index contributed by atoms with van der Waals surface area (Å²) in [5, 5.41) is 3.45. The molecule has 0 aromatic heterocycles. The fraction of sp³-hybridized carbons (Fsp3) is 0.294. The van der Waals surface area contributed by atoms with Crippen molar-refractivity contribution in [3.8, 4) is 5.75 Å². The molecule has 0 aliphatic carbocycles. The van der Waals surface area contributed by atoms with Gasteiger partial charge in [-0.2, -0.15) is 0 Å². The maximum absolute atomic E-state index is 6.12. The predicted molar refractivity (Wildman–Crippen MR) is 85.3 cm³/mol. The number of nitrogen functional groups attached to an aromatic ring is 1. The van der Waals surface area contributed by atoms with E-state index < -0.39 is 0 Å². The quantitative estimate of drug-likeness (QED) is 0.787. The molecule has 0 saturated carbocycles. The van der Waals surface area contributed by atoms with Crippen LogP contribution >= 0.6 is 0 Å². The van der Waals surface area contributed by atoms with Gasteiger partial charge >= 0.3 is 0 Å². The second-order valence-electron chi connectivity index (χ2n) is 4.89. The van der Waals surface area contributed by atoms with Gasteiger partial charge in [-0.05, 0) is 38.0 Å². The average Bonchev–Trinajstić information content (AvgIpc) is 2.44. The fourth-order valence-electron chi connectivity index (χ4n) is 2.24. The van der Waals surface area contributed by atoms with Crippen molar-refractivity contribution in [1.29, 1.82) is 0 Å². The summed E-state index contributed by atoms with van der Waals surface area (Å²) in [6.45, 7) is 4.73. The third kappa shape index (κ3) is 3.67. The van der Waals surface area contributed by atoms with Crippen LogP contribution in [-0.4, -0.2) is 12.6 Å². The molecule has 0 heterocycles. The van der Waals surface area contributed by atoms with Crippen LogP contribution in [0.25, 0.3) is 0 Å². The minimum Gasteiger partial charge on any atom is -0.492 e. The number of hydrogen-bond donors (Lipinski definition) is 2. The highest BCUT2D eigenvalue weighted by molar-refractivity contribution is 5.73. The Morgan fingerprint density at radius 1 is 1.10 bits per heavy atom. The highest BCUT2D eigenvalue weighted by Gasteiger charge is 2.09. The number of nitrogens with one attached hydrogen (secondary N) is 1. The van der Waals surface area contributed by atoms with Gasteiger partial charge in [0.2, 0.25) is 0 Å². The molecule has 2 rings (SSSR count). The summed E-state index contributed by atoms with van der Waals surface area (Å²) in [7, 11) is 0. The van der Waals surface area contributed by atoms with Crippen LogP contribution < -0.4 is 15.8 Å². The number of benzene rings is 2. The molecule has 20 heavy (non-hydrogen) atoms. The number of anilines is 2. The second kappa shape index (κ2) is 6.85. The molecular weight excluding hydrogens is 248 g/mol. The Kier molecular flexibility index (Phi) is 4.88. The number of ether oxygens (including phenoxy) is 1. The molecule has 106 valence electrons. The van der Waals surface area contributed by atoms with Gasteiger partial charge in [0, 0.05) is 6.04 Å². The summed E-state index contributed by atoms with van der Waals surface area (Å²) in [5.41, 5.74) is 9.04. The number of nitrogens with two attached hydrogens (primary N) is 1. The number of hydrogen-bond acceptors (Lipinski definition) is 3. The zero-order valence-electron chi connectivity index (χ0n) is 12.1. The van der Waals surface area contributed by atoms with Crippen LogP contribution in [0.15, 0.2) is 48.5 Å². The molecule has 3 heteroatoms. The lowest BCUT2D eigenvalue weighted by atomic mass is 10.1. The van der Waals surface area contributed by atoms with Crippen molar-refractivity contribution >= 4 is 11.4 Å². The number of rotatable bonds is 6. The topological polar surface area (TPSA) is 47.3 Å². The molecule has 1 atom stereocenters. The molecule has 3 N–H and O–H groups in total. The zero-order chi connectivity index (χ0) is 14.4. The SMILES string of the molecule is CCOc1cccc(NC(C)Cc2ccccc2)c1N. The second-order valence-corrected chi connectivity index (χ2v) is 4.89. The zero-order valence-corrected chi connectivity index (χ0v) is 12.1. The Morgan fingerprint density at radius 2 is 1.85 bits per heavy atom. The molecule has 0 amide bonds. The van der Waals surface area contributed by atoms with E-state index in [9.17, 15) is 0 Å². The van der Waals surface area contributed by atoms with Gasteiger partial charge in [0.05, 0.1) is 18.0 Å². The molecule has 1 unspecified atom stereocenters. The van der Waals surface area contributed by atoms with Crippen LogP contribution in [0.2, 0.25) is 0 Å². The summed E-state index contributed by atoms with van der Waals surface area (Å²) < 4.78 is 5.51. The van der Waals surface area contributed by atoms with Gasteiger partial charge < -0.3 is 15.8 Å². The first-order valence-electron chi connectivity index (χ1n) is 7.02. The van der Waals surface area contributed by atoms with E-state index in [-0.39, 0.29) is 0 Å². The summed E-state index contributed by atoms with van der Waals surface area (Å²) in [4.78, 5) is 0. The standard InChI is InChI=1S/C17H22N2O/c1-3-20-16-11-7-10-15(17(16)18)19-13(2)12-14-8-5-4-6-9-14/h4-11,13,19H,3,12,18H2,1-2H3. The smallest absolute Gasteiger partial charge is 0.144 e. The monoisotopic (exact) mass is 270 g/mol. The van der Waals surface area contributed by atoms with Gasteiger partial charge in [0.1, 0.15) is 5.75 Å². The lowest BCUT2D eigenvalue weighted by Gasteiger charge is -2.18. The molecule has 0 spiro atoms. The van der Waals surface area contributed by atoms with Crippen molar-refractivity contribution in [2.24, 2.45) is 0 Å². The van der Waals surface area contributed by atoms with Gasteiger partial charge in [0.25, 0.3) is 0 Å². The third-order valence-corrected chi connectivity index (χ3v) is 3.15. The first-order chi connectivity index (χ1) is 9.70. The van der Waals surface area contributed by atoms with Crippen LogP contribution in [-0.2, 0) is 6.42 Å². The summed E-state index contributed by atoms with van der Waals surface area (Å²) in [5.74, 6) is 0.740. The van der Waals surface area contributed by atoms with Crippen LogP contribution in [0.4, 0.5) is 11.4 Å². The molecule has 3 nitrogen and oxygen atoms in total. The molecule has 0 bridgehead atoms. The summed E-state index contributed by atoms with van der Waals surface area (Å²) in [6, 6.07) is 16.6. The van der Waals surface area contributed by atoms with Crippen LogP contribution in [0.5, 0.6) is 5.75 Å². The molecular formula is C17H22N2O. The fourth-order valence-corrected chi connectivity index (χ4v) is 2.24. The van der Waals surface area contributed by atoms with Crippen molar-refractivity contribution in [2.45, 2.75) is 26.3 Å². The highest BCUT2D eigenvalue weighted by Crippen LogP contribution is 2.30.